The van der Waals surface area contributed by atoms with Crippen LogP contribution >= 0.6 is 11.3 Å². The van der Waals surface area contributed by atoms with Gasteiger partial charge in [0.1, 0.15) is 10.7 Å². The fraction of sp³-hybridized carbons (Fsp3) is 0.222. The summed E-state index contributed by atoms with van der Waals surface area (Å²) in [6.45, 7) is 1.92. The molecule has 0 saturated carbocycles. The van der Waals surface area contributed by atoms with Gasteiger partial charge in [-0.3, -0.25) is 0 Å². The maximum Gasteiger partial charge on any atom is 0.153 e. The van der Waals surface area contributed by atoms with E-state index in [2.05, 4.69) is 4.98 Å². The number of nitrogens with two attached hydrogens (primary N) is 1. The molecule has 0 fully saturated rings. The third-order valence-corrected chi connectivity index (χ3v) is 2.73. The van der Waals surface area contributed by atoms with E-state index < -0.39 is 0 Å². The van der Waals surface area contributed by atoms with Gasteiger partial charge in [0.25, 0.3) is 0 Å². The van der Waals surface area contributed by atoms with Crippen LogP contribution in [0.25, 0.3) is 11.5 Å². The first-order chi connectivity index (χ1) is 6.27. The van der Waals surface area contributed by atoms with E-state index in [4.69, 9.17) is 10.2 Å². The van der Waals surface area contributed by atoms with Crippen LogP contribution < -0.4 is 5.73 Å². The van der Waals surface area contributed by atoms with Crippen molar-refractivity contribution in [3.8, 4) is 11.5 Å². The van der Waals surface area contributed by atoms with Crippen molar-refractivity contribution < 1.29 is 4.42 Å². The molecule has 0 bridgehead atoms. The van der Waals surface area contributed by atoms with Gasteiger partial charge in [-0.2, -0.15) is 0 Å². The lowest BCUT2D eigenvalue weighted by Crippen LogP contribution is -2.03. The Kier molecular flexibility index (Phi) is 2.16. The molecule has 3 nitrogen and oxygen atoms in total. The van der Waals surface area contributed by atoms with Crippen molar-refractivity contribution in [1.82, 2.24) is 4.98 Å². The van der Waals surface area contributed by atoms with Crippen LogP contribution in [0, 0.1) is 0 Å². The van der Waals surface area contributed by atoms with E-state index in [1.54, 1.807) is 17.6 Å². The Balaban J connectivity index is 2.33. The highest BCUT2D eigenvalue weighted by Crippen LogP contribution is 2.24. The zero-order valence-electron chi connectivity index (χ0n) is 7.23. The molecule has 1 unspecified atom stereocenters. The van der Waals surface area contributed by atoms with Gasteiger partial charge in [0.05, 0.1) is 12.3 Å². The lowest BCUT2D eigenvalue weighted by Gasteiger charge is -1.96. The molecule has 0 aliphatic heterocycles. The molecule has 0 radical (unpaired) electrons. The van der Waals surface area contributed by atoms with E-state index in [1.165, 1.54) is 0 Å². The molecule has 2 aromatic heterocycles. The molecule has 2 N–H and O–H groups in total. The van der Waals surface area contributed by atoms with Crippen LogP contribution in [0.3, 0.4) is 0 Å². The first-order valence-electron chi connectivity index (χ1n) is 4.02. The molecule has 0 aliphatic carbocycles. The monoisotopic (exact) mass is 194 g/mol. The number of hydrogen-bond acceptors (Lipinski definition) is 4. The highest BCUT2D eigenvalue weighted by atomic mass is 32.1. The zero-order chi connectivity index (χ0) is 9.26. The summed E-state index contributed by atoms with van der Waals surface area (Å²) in [5.41, 5.74) is 6.56. The van der Waals surface area contributed by atoms with Crippen molar-refractivity contribution in [3.63, 3.8) is 0 Å². The van der Waals surface area contributed by atoms with Crippen molar-refractivity contribution >= 4 is 11.3 Å². The minimum absolute atomic E-state index is 0.00582. The molecule has 2 heterocycles. The predicted molar refractivity (Wildman–Crippen MR) is 52.4 cm³/mol. The lowest BCUT2D eigenvalue weighted by molar-refractivity contribution is 0.580. The number of rotatable bonds is 2. The predicted octanol–water partition coefficient (Wildman–Crippen LogP) is 2.42. The smallest absolute Gasteiger partial charge is 0.153 e. The summed E-state index contributed by atoms with van der Waals surface area (Å²) in [4.78, 5) is 4.35. The number of furan rings is 1. The average Bonchev–Trinajstić information content (AvgIpc) is 2.75. The molecular formula is C9H10N2OS. The Morgan fingerprint density at radius 1 is 1.62 bits per heavy atom. The van der Waals surface area contributed by atoms with Crippen LogP contribution in [0.15, 0.2) is 28.2 Å². The van der Waals surface area contributed by atoms with Gasteiger partial charge >= 0.3 is 0 Å². The fourth-order valence-electron chi connectivity index (χ4n) is 1.03. The topological polar surface area (TPSA) is 52.0 Å². The Morgan fingerprint density at radius 2 is 2.46 bits per heavy atom. The molecule has 2 aromatic rings. The highest BCUT2D eigenvalue weighted by Gasteiger charge is 2.08. The van der Waals surface area contributed by atoms with Crippen molar-refractivity contribution in [2.24, 2.45) is 5.73 Å². The maximum absolute atomic E-state index is 5.70. The van der Waals surface area contributed by atoms with Crippen LogP contribution in [-0.2, 0) is 0 Å². The van der Waals surface area contributed by atoms with Gasteiger partial charge in [-0.1, -0.05) is 0 Å². The van der Waals surface area contributed by atoms with Gasteiger partial charge < -0.3 is 10.2 Å². The lowest BCUT2D eigenvalue weighted by atomic mass is 10.3. The van der Waals surface area contributed by atoms with E-state index in [0.717, 1.165) is 16.5 Å². The molecule has 0 saturated heterocycles. The van der Waals surface area contributed by atoms with Crippen LogP contribution in [0.1, 0.15) is 18.0 Å². The van der Waals surface area contributed by atoms with E-state index in [9.17, 15) is 0 Å². The van der Waals surface area contributed by atoms with E-state index in [-0.39, 0.29) is 6.04 Å². The molecule has 0 amide bonds. The minimum atomic E-state index is -0.00582. The van der Waals surface area contributed by atoms with Crippen LogP contribution in [0.5, 0.6) is 0 Å². The third-order valence-electron chi connectivity index (χ3n) is 1.69. The standard InChI is InChI=1S/C9H10N2OS/c1-6(10)9-11-7(5-13-9)8-3-2-4-12-8/h2-6H,10H2,1H3. The van der Waals surface area contributed by atoms with Crippen LogP contribution in [0.4, 0.5) is 0 Å². The number of aromatic nitrogens is 1. The summed E-state index contributed by atoms with van der Waals surface area (Å²) in [6, 6.07) is 3.73. The molecule has 0 spiro atoms. The zero-order valence-corrected chi connectivity index (χ0v) is 8.04. The van der Waals surface area contributed by atoms with Gasteiger partial charge in [0.15, 0.2) is 5.76 Å². The van der Waals surface area contributed by atoms with Crippen molar-refractivity contribution in [2.75, 3.05) is 0 Å². The van der Waals surface area contributed by atoms with Gasteiger partial charge in [-0.05, 0) is 19.1 Å². The Bertz CT molecular complexity index is 378. The molecule has 2 rings (SSSR count). The van der Waals surface area contributed by atoms with Gasteiger partial charge in [-0.25, -0.2) is 4.98 Å². The van der Waals surface area contributed by atoms with Gasteiger partial charge in [0, 0.05) is 5.38 Å². The molecule has 0 aromatic carbocycles. The summed E-state index contributed by atoms with van der Waals surface area (Å²) in [5.74, 6) is 0.795. The van der Waals surface area contributed by atoms with Crippen LogP contribution in [0.2, 0.25) is 0 Å². The quantitative estimate of drug-likeness (QED) is 0.798. The van der Waals surface area contributed by atoms with Crippen molar-refractivity contribution in [1.29, 1.82) is 0 Å². The molecular weight excluding hydrogens is 184 g/mol. The largest absolute Gasteiger partial charge is 0.463 e. The van der Waals surface area contributed by atoms with E-state index in [0.29, 0.717) is 0 Å². The molecule has 1 atom stereocenters. The van der Waals surface area contributed by atoms with Crippen molar-refractivity contribution in [3.05, 3.63) is 28.8 Å². The second kappa shape index (κ2) is 3.32. The Morgan fingerprint density at radius 3 is 3.00 bits per heavy atom. The van der Waals surface area contributed by atoms with Gasteiger partial charge in [0.2, 0.25) is 0 Å². The van der Waals surface area contributed by atoms with Crippen LogP contribution in [-0.4, -0.2) is 4.98 Å². The SMILES string of the molecule is CC(N)c1nc(-c2ccco2)cs1. The normalized spacial score (nSPS) is 13.1. The fourth-order valence-corrected chi connectivity index (χ4v) is 1.80. The summed E-state index contributed by atoms with van der Waals surface area (Å²) in [5, 5.41) is 2.89. The molecule has 68 valence electrons. The number of nitrogens with zero attached hydrogens (tertiary/aromatic N) is 1. The second-order valence-electron chi connectivity index (χ2n) is 2.84. The first-order valence-corrected chi connectivity index (χ1v) is 4.90. The first kappa shape index (κ1) is 8.47. The molecule has 0 aliphatic rings. The number of thiazole rings is 1. The summed E-state index contributed by atoms with van der Waals surface area (Å²) in [7, 11) is 0. The highest BCUT2D eigenvalue weighted by molar-refractivity contribution is 7.10. The molecule has 4 heteroatoms. The van der Waals surface area contributed by atoms with E-state index in [1.807, 2.05) is 24.4 Å². The summed E-state index contributed by atoms with van der Waals surface area (Å²) < 4.78 is 5.22. The number of hydrogen-bond donors (Lipinski definition) is 1. The minimum Gasteiger partial charge on any atom is -0.463 e. The Hall–Kier alpha value is -1.13. The second-order valence-corrected chi connectivity index (χ2v) is 3.73. The summed E-state index contributed by atoms with van der Waals surface area (Å²) >= 11 is 1.56. The van der Waals surface area contributed by atoms with Crippen molar-refractivity contribution in [2.45, 2.75) is 13.0 Å². The molecule has 13 heavy (non-hydrogen) atoms. The Labute approximate surface area is 80.2 Å². The maximum atomic E-state index is 5.70. The van der Waals surface area contributed by atoms with Gasteiger partial charge in [-0.15, -0.1) is 11.3 Å². The average molecular weight is 194 g/mol. The van der Waals surface area contributed by atoms with E-state index >= 15 is 0 Å². The third kappa shape index (κ3) is 1.64. The summed E-state index contributed by atoms with van der Waals surface area (Å²) in [6.07, 6.45) is 1.64.